The van der Waals surface area contributed by atoms with Crippen molar-refractivity contribution in [3.8, 4) is 0 Å². The molecule has 0 aliphatic rings. The molecule has 0 aliphatic heterocycles. The van der Waals surface area contributed by atoms with Crippen LogP contribution in [0.25, 0.3) is 6.08 Å². The normalized spacial score (nSPS) is 10.9. The molecule has 0 radical (unpaired) electrons. The Kier molecular flexibility index (Phi) is 6.09. The average Bonchev–Trinajstić information content (AvgIpc) is 2.39. The smallest absolute Gasteiger partial charge is 0.328 e. The third-order valence-corrected chi connectivity index (χ3v) is 2.93. The molecule has 0 aromatic heterocycles. The van der Waals surface area contributed by atoms with E-state index in [1.54, 1.807) is 13.2 Å². The van der Waals surface area contributed by atoms with Crippen molar-refractivity contribution >= 4 is 17.7 Å². The number of aliphatic carboxylic acids is 1. The van der Waals surface area contributed by atoms with E-state index in [0.29, 0.717) is 6.61 Å². The zero-order valence-corrected chi connectivity index (χ0v) is 11.7. The highest BCUT2D eigenvalue weighted by Crippen LogP contribution is 2.21. The summed E-state index contributed by atoms with van der Waals surface area (Å²) in [4.78, 5) is 12.7. The molecule has 4 heteroatoms. The lowest BCUT2D eigenvalue weighted by atomic mass is 10.1. The average molecular weight is 263 g/mol. The molecule has 0 bridgehead atoms. The van der Waals surface area contributed by atoms with Gasteiger partial charge in [0.05, 0.1) is 6.61 Å². The standard InChI is InChI=1S/C15H21NO3/c1-4-16(9-10-19-3)14-7-5-13(11-12(14)2)6-8-15(17)18/h5-8,11H,4,9-10H2,1-3H3,(H,17,18)/b8-6+. The molecular formula is C15H21NO3. The highest BCUT2D eigenvalue weighted by molar-refractivity contribution is 5.85. The first-order valence-electron chi connectivity index (χ1n) is 6.34. The van der Waals surface area contributed by atoms with Gasteiger partial charge in [0.25, 0.3) is 0 Å². The molecule has 0 amide bonds. The molecular weight excluding hydrogens is 242 g/mol. The summed E-state index contributed by atoms with van der Waals surface area (Å²) in [6.45, 7) is 6.58. The Labute approximate surface area is 114 Å². The van der Waals surface area contributed by atoms with Crippen molar-refractivity contribution in [2.24, 2.45) is 0 Å². The largest absolute Gasteiger partial charge is 0.478 e. The molecule has 0 saturated heterocycles. The summed E-state index contributed by atoms with van der Waals surface area (Å²) in [6, 6.07) is 5.94. The summed E-state index contributed by atoms with van der Waals surface area (Å²) >= 11 is 0. The number of hydrogen-bond donors (Lipinski definition) is 1. The van der Waals surface area contributed by atoms with Gasteiger partial charge in [-0.15, -0.1) is 0 Å². The Morgan fingerprint density at radius 3 is 2.74 bits per heavy atom. The van der Waals surface area contributed by atoms with Gasteiger partial charge < -0.3 is 14.7 Å². The van der Waals surface area contributed by atoms with Crippen LogP contribution >= 0.6 is 0 Å². The van der Waals surface area contributed by atoms with Gasteiger partial charge in [-0.2, -0.15) is 0 Å². The molecule has 0 spiro atoms. The molecule has 0 saturated carbocycles. The first kappa shape index (κ1) is 15.2. The van der Waals surface area contributed by atoms with Crippen LogP contribution in [0.4, 0.5) is 5.69 Å². The molecule has 1 N–H and O–H groups in total. The minimum Gasteiger partial charge on any atom is -0.478 e. The second-order valence-electron chi connectivity index (χ2n) is 4.29. The quantitative estimate of drug-likeness (QED) is 0.768. The van der Waals surface area contributed by atoms with Gasteiger partial charge in [0.15, 0.2) is 0 Å². The lowest BCUT2D eigenvalue weighted by Gasteiger charge is -2.24. The van der Waals surface area contributed by atoms with E-state index in [4.69, 9.17) is 9.84 Å². The second kappa shape index (κ2) is 7.59. The van der Waals surface area contributed by atoms with Crippen molar-refractivity contribution in [3.63, 3.8) is 0 Å². The van der Waals surface area contributed by atoms with Crippen LogP contribution in [0.5, 0.6) is 0 Å². The van der Waals surface area contributed by atoms with Crippen LogP contribution in [0.15, 0.2) is 24.3 Å². The molecule has 0 heterocycles. The Hall–Kier alpha value is -1.81. The maximum absolute atomic E-state index is 10.5. The van der Waals surface area contributed by atoms with Crippen molar-refractivity contribution in [2.45, 2.75) is 13.8 Å². The van der Waals surface area contributed by atoms with Crippen LogP contribution in [0, 0.1) is 6.92 Å². The fourth-order valence-corrected chi connectivity index (χ4v) is 1.96. The number of anilines is 1. The van der Waals surface area contributed by atoms with E-state index < -0.39 is 5.97 Å². The molecule has 104 valence electrons. The molecule has 0 fully saturated rings. The first-order chi connectivity index (χ1) is 9.08. The van der Waals surface area contributed by atoms with Crippen LogP contribution in [-0.2, 0) is 9.53 Å². The number of carboxylic acid groups (broad SMARTS) is 1. The van der Waals surface area contributed by atoms with E-state index in [0.717, 1.165) is 36.0 Å². The Bertz CT molecular complexity index is 455. The van der Waals surface area contributed by atoms with E-state index in [1.165, 1.54) is 0 Å². The lowest BCUT2D eigenvalue weighted by Crippen LogP contribution is -2.27. The van der Waals surface area contributed by atoms with Crippen molar-refractivity contribution in [1.29, 1.82) is 0 Å². The topological polar surface area (TPSA) is 49.8 Å². The van der Waals surface area contributed by atoms with Gasteiger partial charge in [0.2, 0.25) is 0 Å². The summed E-state index contributed by atoms with van der Waals surface area (Å²) in [5, 5.41) is 8.61. The summed E-state index contributed by atoms with van der Waals surface area (Å²) in [5.74, 6) is -0.933. The number of nitrogens with zero attached hydrogens (tertiary/aromatic N) is 1. The summed E-state index contributed by atoms with van der Waals surface area (Å²) in [5.41, 5.74) is 3.18. The van der Waals surface area contributed by atoms with E-state index in [2.05, 4.69) is 11.8 Å². The Balaban J connectivity index is 2.89. The second-order valence-corrected chi connectivity index (χ2v) is 4.29. The summed E-state index contributed by atoms with van der Waals surface area (Å²) in [6.07, 6.45) is 2.75. The van der Waals surface area contributed by atoms with Crippen LogP contribution in [-0.4, -0.2) is 37.9 Å². The predicted octanol–water partition coefficient (Wildman–Crippen LogP) is 2.57. The van der Waals surface area contributed by atoms with Gasteiger partial charge in [0, 0.05) is 32.0 Å². The van der Waals surface area contributed by atoms with E-state index in [-0.39, 0.29) is 0 Å². The van der Waals surface area contributed by atoms with Crippen LogP contribution in [0.2, 0.25) is 0 Å². The third kappa shape index (κ3) is 4.75. The predicted molar refractivity (Wildman–Crippen MR) is 77.6 cm³/mol. The van der Waals surface area contributed by atoms with Gasteiger partial charge in [-0.25, -0.2) is 4.79 Å². The highest BCUT2D eigenvalue weighted by Gasteiger charge is 2.07. The maximum Gasteiger partial charge on any atom is 0.328 e. The van der Waals surface area contributed by atoms with Crippen molar-refractivity contribution in [2.75, 3.05) is 31.7 Å². The third-order valence-electron chi connectivity index (χ3n) is 2.93. The Morgan fingerprint density at radius 2 is 2.21 bits per heavy atom. The molecule has 1 aromatic carbocycles. The van der Waals surface area contributed by atoms with Crippen molar-refractivity contribution < 1.29 is 14.6 Å². The van der Waals surface area contributed by atoms with E-state index in [9.17, 15) is 4.79 Å². The molecule has 0 unspecified atom stereocenters. The van der Waals surface area contributed by atoms with Crippen LogP contribution in [0.3, 0.4) is 0 Å². The zero-order valence-electron chi connectivity index (χ0n) is 11.7. The van der Waals surface area contributed by atoms with E-state index >= 15 is 0 Å². The summed E-state index contributed by atoms with van der Waals surface area (Å²) < 4.78 is 5.11. The van der Waals surface area contributed by atoms with Crippen LogP contribution in [0.1, 0.15) is 18.1 Å². The highest BCUT2D eigenvalue weighted by atomic mass is 16.5. The SMILES string of the molecule is CCN(CCOC)c1ccc(/C=C/C(=O)O)cc1C. The summed E-state index contributed by atoms with van der Waals surface area (Å²) in [7, 11) is 1.69. The van der Waals surface area contributed by atoms with Gasteiger partial charge in [-0.05, 0) is 43.2 Å². The zero-order chi connectivity index (χ0) is 14.3. The molecule has 1 rings (SSSR count). The van der Waals surface area contributed by atoms with Crippen LogP contribution < -0.4 is 4.90 Å². The fraction of sp³-hybridized carbons (Fsp3) is 0.400. The Morgan fingerprint density at radius 1 is 1.47 bits per heavy atom. The molecule has 4 nitrogen and oxygen atoms in total. The molecule has 1 aromatic rings. The fourth-order valence-electron chi connectivity index (χ4n) is 1.96. The number of benzene rings is 1. The van der Waals surface area contributed by atoms with Gasteiger partial charge in [-0.1, -0.05) is 6.07 Å². The number of ether oxygens (including phenoxy) is 1. The maximum atomic E-state index is 10.5. The number of carbonyl (C=O) groups is 1. The molecule has 0 aliphatic carbocycles. The number of carboxylic acids is 1. The van der Waals surface area contributed by atoms with Gasteiger partial charge in [0.1, 0.15) is 0 Å². The number of aryl methyl sites for hydroxylation is 1. The number of hydrogen-bond acceptors (Lipinski definition) is 3. The van der Waals surface area contributed by atoms with Gasteiger partial charge in [-0.3, -0.25) is 0 Å². The number of rotatable bonds is 7. The minimum atomic E-state index is -0.933. The first-order valence-corrected chi connectivity index (χ1v) is 6.34. The van der Waals surface area contributed by atoms with Gasteiger partial charge >= 0.3 is 5.97 Å². The van der Waals surface area contributed by atoms with E-state index in [1.807, 2.05) is 25.1 Å². The minimum absolute atomic E-state index is 0.688. The lowest BCUT2D eigenvalue weighted by molar-refractivity contribution is -0.131. The molecule has 0 atom stereocenters. The molecule has 19 heavy (non-hydrogen) atoms. The van der Waals surface area contributed by atoms with Crippen molar-refractivity contribution in [1.82, 2.24) is 0 Å². The number of methoxy groups -OCH3 is 1. The van der Waals surface area contributed by atoms with Crippen molar-refractivity contribution in [3.05, 3.63) is 35.4 Å². The number of likely N-dealkylation sites (N-methyl/N-ethyl adjacent to an activating group) is 1. The monoisotopic (exact) mass is 263 g/mol.